The van der Waals surface area contributed by atoms with Crippen molar-refractivity contribution in [1.29, 1.82) is 0 Å². The van der Waals surface area contributed by atoms with E-state index in [2.05, 4.69) is 3.15 Å². The highest BCUT2D eigenvalue weighted by Crippen LogP contribution is 2.14. The molecule has 1 aliphatic heterocycles. The fourth-order valence-electron chi connectivity index (χ4n) is 0.376. The number of carboxylic acid groups (broad SMARTS) is 1. The lowest BCUT2D eigenvalue weighted by Crippen LogP contribution is -1.96. The third-order valence-corrected chi connectivity index (χ3v) is 2.28. The molecule has 0 aliphatic carbocycles. The first-order valence-electron chi connectivity index (χ1n) is 2.24. The van der Waals surface area contributed by atoms with Gasteiger partial charge < -0.3 is 5.11 Å². The zero-order valence-electron chi connectivity index (χ0n) is 4.41. The second-order valence-electron chi connectivity index (χ2n) is 1.36. The van der Waals surface area contributed by atoms with E-state index in [1.54, 1.807) is 6.08 Å². The summed E-state index contributed by atoms with van der Waals surface area (Å²) in [5, 5.41) is 8.36. The van der Waals surface area contributed by atoms with Crippen molar-refractivity contribution in [3.63, 3.8) is 0 Å². The van der Waals surface area contributed by atoms with Crippen LogP contribution in [0.1, 0.15) is 0 Å². The van der Waals surface area contributed by atoms with Gasteiger partial charge in [-0.1, -0.05) is 6.08 Å². The third kappa shape index (κ3) is 1.70. The Bertz CT molecular complexity index is 217. The van der Waals surface area contributed by atoms with E-state index in [-0.39, 0.29) is 26.7 Å². The van der Waals surface area contributed by atoms with E-state index in [0.29, 0.717) is 0 Å². The lowest BCUT2D eigenvalue weighted by molar-refractivity contribution is -0.132. The van der Waals surface area contributed by atoms with Crippen molar-refractivity contribution < 1.29 is 9.90 Å². The maximum absolute atomic E-state index is 10.2. The number of carboxylic acids is 1. The summed E-state index contributed by atoms with van der Waals surface area (Å²) >= 11 is -0.364. The van der Waals surface area contributed by atoms with Crippen LogP contribution in [-0.2, 0) is 4.79 Å². The molecule has 48 valence electrons. The molecule has 9 heavy (non-hydrogen) atoms. The first kappa shape index (κ1) is 6.60. The molecule has 1 rings (SSSR count). The summed E-state index contributed by atoms with van der Waals surface area (Å²) in [4.78, 5) is 10.2. The highest BCUT2D eigenvalue weighted by molar-refractivity contribution is 14.2. The minimum absolute atomic E-state index is 0.185. The zero-order chi connectivity index (χ0) is 6.69. The summed E-state index contributed by atoms with van der Waals surface area (Å²) in [6, 6.07) is 0. The molecule has 4 heteroatoms. The van der Waals surface area contributed by atoms with Gasteiger partial charge in [0.05, 0.1) is 0 Å². The van der Waals surface area contributed by atoms with E-state index >= 15 is 0 Å². The Morgan fingerprint density at radius 3 is 2.89 bits per heavy atom. The molecule has 1 heterocycles. The van der Waals surface area contributed by atoms with Gasteiger partial charge in [-0.25, -0.2) is 7.94 Å². The summed E-state index contributed by atoms with van der Waals surface area (Å²) in [7, 11) is 0. The number of allylic oxidation sites excluding steroid dienone is 2. The first-order chi connectivity index (χ1) is 4.30. The Labute approximate surface area is 62.2 Å². The summed E-state index contributed by atoms with van der Waals surface area (Å²) in [6.07, 6.45) is 3.25. The first-order valence-corrected chi connectivity index (χ1v) is 4.45. The number of halogens is 1. The summed E-state index contributed by atoms with van der Waals surface area (Å²) in [5.74, 6) is -0.931. The molecule has 0 radical (unpaired) electrons. The Hall–Kier alpha value is -0.520. The molecular formula is C5H4INO2. The predicted molar refractivity (Wildman–Crippen MR) is 41.3 cm³/mol. The van der Waals surface area contributed by atoms with Crippen molar-refractivity contribution in [1.82, 2.24) is 0 Å². The summed E-state index contributed by atoms with van der Waals surface area (Å²) in [6.45, 7) is 0. The summed E-state index contributed by atoms with van der Waals surface area (Å²) in [5.41, 5.74) is 0.185. The van der Waals surface area contributed by atoms with Crippen LogP contribution >= 0.6 is 21.0 Å². The van der Waals surface area contributed by atoms with Gasteiger partial charge in [-0.2, -0.15) is 0 Å². The molecule has 0 aromatic rings. The lowest BCUT2D eigenvalue weighted by Gasteiger charge is -1.91. The number of hydrogen-bond acceptors (Lipinski definition) is 2. The van der Waals surface area contributed by atoms with Gasteiger partial charge in [0.15, 0.2) is 5.70 Å². The van der Waals surface area contributed by atoms with Crippen molar-refractivity contribution in [2.75, 3.05) is 0 Å². The predicted octanol–water partition coefficient (Wildman–Crippen LogP) is 1.64. The number of carbonyl (C=O) groups is 1. The Kier molecular flexibility index (Phi) is 2.10. The largest absolute Gasteiger partial charge is 0.476 e. The van der Waals surface area contributed by atoms with Crippen LogP contribution in [0.2, 0.25) is 0 Å². The average Bonchev–Trinajstić information content (AvgIpc) is 1.90. The van der Waals surface area contributed by atoms with Gasteiger partial charge in [-0.15, -0.1) is 0 Å². The molecule has 0 atom stereocenters. The molecule has 3 nitrogen and oxygen atoms in total. The molecule has 1 aliphatic rings. The topological polar surface area (TPSA) is 49.7 Å². The van der Waals surface area contributed by atoms with Gasteiger partial charge >= 0.3 is 5.97 Å². The fourth-order valence-corrected chi connectivity index (χ4v) is 1.60. The molecule has 0 spiro atoms. The quantitative estimate of drug-likeness (QED) is 0.704. The SMILES string of the molecule is O=C(O)C1=CC=CI=N1. The van der Waals surface area contributed by atoms with E-state index < -0.39 is 5.97 Å². The van der Waals surface area contributed by atoms with Crippen LogP contribution in [-0.4, -0.2) is 11.1 Å². The molecular weight excluding hydrogens is 233 g/mol. The number of hydrogen-bond donors (Lipinski definition) is 1. The van der Waals surface area contributed by atoms with Crippen LogP contribution in [0.15, 0.2) is 25.1 Å². The molecule has 0 saturated carbocycles. The maximum Gasteiger partial charge on any atom is 0.354 e. The van der Waals surface area contributed by atoms with Gasteiger partial charge in [0.1, 0.15) is 0 Å². The molecule has 0 unspecified atom stereocenters. The van der Waals surface area contributed by atoms with E-state index in [1.807, 2.05) is 4.08 Å². The standard InChI is InChI=1S/C5H4INO2/c8-5(9)4-2-1-3-6-7-4/h1-3H,(H,8,9). The minimum atomic E-state index is -0.931. The molecule has 0 saturated heterocycles. The zero-order valence-corrected chi connectivity index (χ0v) is 6.57. The van der Waals surface area contributed by atoms with Crippen LogP contribution in [0.25, 0.3) is 0 Å². The smallest absolute Gasteiger partial charge is 0.354 e. The second kappa shape index (κ2) is 2.86. The average molecular weight is 237 g/mol. The van der Waals surface area contributed by atoms with Gasteiger partial charge in [-0.3, -0.25) is 0 Å². The Balaban J connectivity index is 2.84. The van der Waals surface area contributed by atoms with Crippen LogP contribution in [0, 0.1) is 0 Å². The van der Waals surface area contributed by atoms with E-state index in [9.17, 15) is 4.79 Å². The van der Waals surface area contributed by atoms with Gasteiger partial charge in [0, 0.05) is 21.0 Å². The van der Waals surface area contributed by atoms with Gasteiger partial charge in [0.2, 0.25) is 0 Å². The fraction of sp³-hybridized carbons (Fsp3) is 0. The number of nitrogens with zero attached hydrogens (tertiary/aromatic N) is 1. The normalized spacial score (nSPS) is 16.2. The highest BCUT2D eigenvalue weighted by Gasteiger charge is 2.03. The highest BCUT2D eigenvalue weighted by atomic mass is 127. The Morgan fingerprint density at radius 1 is 1.78 bits per heavy atom. The molecule has 1 N–H and O–H groups in total. The van der Waals surface area contributed by atoms with Crippen LogP contribution < -0.4 is 0 Å². The van der Waals surface area contributed by atoms with Crippen LogP contribution in [0.5, 0.6) is 0 Å². The van der Waals surface area contributed by atoms with Crippen molar-refractivity contribution >= 4 is 27.0 Å². The monoisotopic (exact) mass is 237 g/mol. The van der Waals surface area contributed by atoms with E-state index in [1.165, 1.54) is 6.08 Å². The number of aliphatic carboxylic acids is 1. The van der Waals surface area contributed by atoms with Gasteiger partial charge in [-0.05, 0) is 10.2 Å². The summed E-state index contributed by atoms with van der Waals surface area (Å²) < 4.78 is 5.72. The molecule has 0 fully saturated rings. The maximum atomic E-state index is 10.2. The van der Waals surface area contributed by atoms with E-state index in [4.69, 9.17) is 5.11 Å². The Morgan fingerprint density at radius 2 is 2.56 bits per heavy atom. The van der Waals surface area contributed by atoms with Crippen molar-refractivity contribution in [2.24, 2.45) is 3.15 Å². The van der Waals surface area contributed by atoms with Gasteiger partial charge in [0.25, 0.3) is 0 Å². The van der Waals surface area contributed by atoms with Crippen molar-refractivity contribution in [2.45, 2.75) is 0 Å². The number of rotatable bonds is 1. The second-order valence-corrected chi connectivity index (χ2v) is 3.12. The van der Waals surface area contributed by atoms with Crippen LogP contribution in [0.3, 0.4) is 0 Å². The molecule has 0 amide bonds. The van der Waals surface area contributed by atoms with Crippen molar-refractivity contribution in [3.05, 3.63) is 21.9 Å². The van der Waals surface area contributed by atoms with Crippen LogP contribution in [0.4, 0.5) is 0 Å². The molecule has 0 aromatic carbocycles. The lowest BCUT2D eigenvalue weighted by atomic mass is 10.4. The third-order valence-electron chi connectivity index (χ3n) is 0.742. The minimum Gasteiger partial charge on any atom is -0.476 e. The molecule has 0 aromatic heterocycles. The molecule has 0 bridgehead atoms. The van der Waals surface area contributed by atoms with E-state index in [0.717, 1.165) is 0 Å². The van der Waals surface area contributed by atoms with Crippen molar-refractivity contribution in [3.8, 4) is 0 Å².